The standard InChI is InChI=1S/C14H21F2NO/c1-3-5-12(10-17-8-4-2)18-14-9-11(15)6-7-13(14)16/h6-7,9,12,17H,3-5,8,10H2,1-2H3. The van der Waals surface area contributed by atoms with E-state index in [2.05, 4.69) is 12.2 Å². The Morgan fingerprint density at radius 2 is 2.00 bits per heavy atom. The first kappa shape index (κ1) is 14.9. The second-order valence-corrected chi connectivity index (χ2v) is 4.31. The summed E-state index contributed by atoms with van der Waals surface area (Å²) in [6, 6.07) is 3.28. The molecule has 0 aliphatic rings. The first-order valence-electron chi connectivity index (χ1n) is 6.49. The van der Waals surface area contributed by atoms with E-state index in [-0.39, 0.29) is 11.9 Å². The van der Waals surface area contributed by atoms with E-state index in [9.17, 15) is 8.78 Å². The van der Waals surface area contributed by atoms with Crippen molar-refractivity contribution in [2.75, 3.05) is 13.1 Å². The molecule has 0 aliphatic carbocycles. The molecule has 0 aromatic heterocycles. The van der Waals surface area contributed by atoms with Crippen LogP contribution in [0.5, 0.6) is 5.75 Å². The summed E-state index contributed by atoms with van der Waals surface area (Å²) in [4.78, 5) is 0. The Bertz CT molecular complexity index is 358. The zero-order chi connectivity index (χ0) is 13.4. The van der Waals surface area contributed by atoms with Gasteiger partial charge < -0.3 is 10.1 Å². The highest BCUT2D eigenvalue weighted by atomic mass is 19.1. The van der Waals surface area contributed by atoms with Crippen molar-refractivity contribution in [1.29, 1.82) is 0 Å². The number of rotatable bonds is 8. The van der Waals surface area contributed by atoms with Crippen molar-refractivity contribution in [3.05, 3.63) is 29.8 Å². The molecule has 0 aliphatic heterocycles. The lowest BCUT2D eigenvalue weighted by atomic mass is 10.2. The molecule has 18 heavy (non-hydrogen) atoms. The zero-order valence-corrected chi connectivity index (χ0v) is 11.0. The van der Waals surface area contributed by atoms with Gasteiger partial charge in [0.1, 0.15) is 11.9 Å². The predicted molar refractivity (Wildman–Crippen MR) is 68.8 cm³/mol. The average Bonchev–Trinajstić information content (AvgIpc) is 2.34. The van der Waals surface area contributed by atoms with Gasteiger partial charge in [-0.15, -0.1) is 0 Å². The third-order valence-electron chi connectivity index (χ3n) is 2.60. The summed E-state index contributed by atoms with van der Waals surface area (Å²) >= 11 is 0. The summed E-state index contributed by atoms with van der Waals surface area (Å²) in [7, 11) is 0. The quantitative estimate of drug-likeness (QED) is 0.719. The topological polar surface area (TPSA) is 21.3 Å². The highest BCUT2D eigenvalue weighted by Crippen LogP contribution is 2.20. The molecular formula is C14H21F2NO. The largest absolute Gasteiger partial charge is 0.486 e. The van der Waals surface area contributed by atoms with Crippen LogP contribution in [0.15, 0.2) is 18.2 Å². The SMILES string of the molecule is CCCNCC(CCC)Oc1cc(F)ccc1F. The molecule has 0 amide bonds. The van der Waals surface area contributed by atoms with E-state index in [0.717, 1.165) is 44.0 Å². The minimum absolute atomic E-state index is 0.00764. The van der Waals surface area contributed by atoms with Crippen LogP contribution in [0.4, 0.5) is 8.78 Å². The van der Waals surface area contributed by atoms with Crippen LogP contribution >= 0.6 is 0 Å². The van der Waals surface area contributed by atoms with Gasteiger partial charge in [-0.25, -0.2) is 8.78 Å². The van der Waals surface area contributed by atoms with E-state index in [1.807, 2.05) is 6.92 Å². The van der Waals surface area contributed by atoms with Gasteiger partial charge in [0, 0.05) is 12.6 Å². The van der Waals surface area contributed by atoms with Gasteiger partial charge in [0.05, 0.1) is 0 Å². The van der Waals surface area contributed by atoms with Crippen LogP contribution in [0.25, 0.3) is 0 Å². The molecule has 1 atom stereocenters. The lowest BCUT2D eigenvalue weighted by molar-refractivity contribution is 0.178. The van der Waals surface area contributed by atoms with E-state index < -0.39 is 11.6 Å². The van der Waals surface area contributed by atoms with Crippen molar-refractivity contribution in [2.24, 2.45) is 0 Å². The van der Waals surface area contributed by atoms with Crippen LogP contribution in [-0.2, 0) is 0 Å². The van der Waals surface area contributed by atoms with Crippen molar-refractivity contribution in [3.63, 3.8) is 0 Å². The zero-order valence-electron chi connectivity index (χ0n) is 11.0. The highest BCUT2D eigenvalue weighted by Gasteiger charge is 2.12. The predicted octanol–water partition coefficient (Wildman–Crippen LogP) is 3.51. The number of hydrogen-bond donors (Lipinski definition) is 1. The molecule has 0 saturated carbocycles. The summed E-state index contributed by atoms with van der Waals surface area (Å²) in [5, 5.41) is 3.23. The molecule has 1 unspecified atom stereocenters. The van der Waals surface area contributed by atoms with Gasteiger partial charge in [-0.3, -0.25) is 0 Å². The normalized spacial score (nSPS) is 12.4. The Morgan fingerprint density at radius 3 is 2.67 bits per heavy atom. The minimum Gasteiger partial charge on any atom is -0.486 e. The summed E-state index contributed by atoms with van der Waals surface area (Å²) in [5.74, 6) is -1.01. The maximum Gasteiger partial charge on any atom is 0.165 e. The molecule has 1 aromatic carbocycles. The molecule has 1 N–H and O–H groups in total. The van der Waals surface area contributed by atoms with E-state index in [0.29, 0.717) is 6.54 Å². The molecule has 2 nitrogen and oxygen atoms in total. The molecule has 0 spiro atoms. The van der Waals surface area contributed by atoms with E-state index in [4.69, 9.17) is 4.74 Å². The second kappa shape index (κ2) is 8.03. The minimum atomic E-state index is -0.520. The van der Waals surface area contributed by atoms with Gasteiger partial charge in [-0.1, -0.05) is 20.3 Å². The lowest BCUT2D eigenvalue weighted by Crippen LogP contribution is -2.32. The Hall–Kier alpha value is -1.16. The molecule has 1 aromatic rings. The smallest absolute Gasteiger partial charge is 0.165 e. The number of benzene rings is 1. The summed E-state index contributed by atoms with van der Waals surface area (Å²) in [5.41, 5.74) is 0. The molecule has 0 saturated heterocycles. The van der Waals surface area contributed by atoms with Gasteiger partial charge in [-0.05, 0) is 31.5 Å². The molecule has 102 valence electrons. The lowest BCUT2D eigenvalue weighted by Gasteiger charge is -2.19. The summed E-state index contributed by atoms with van der Waals surface area (Å²) < 4.78 is 32.0. The van der Waals surface area contributed by atoms with E-state index in [1.165, 1.54) is 0 Å². The van der Waals surface area contributed by atoms with Gasteiger partial charge in [0.25, 0.3) is 0 Å². The van der Waals surface area contributed by atoms with Crippen molar-refractivity contribution in [1.82, 2.24) is 5.32 Å². The first-order chi connectivity index (χ1) is 8.67. The second-order valence-electron chi connectivity index (χ2n) is 4.31. The Balaban J connectivity index is 2.60. The van der Waals surface area contributed by atoms with Crippen LogP contribution in [0.1, 0.15) is 33.1 Å². The molecule has 0 heterocycles. The fourth-order valence-corrected chi connectivity index (χ4v) is 1.71. The molecule has 1 rings (SSSR count). The number of nitrogens with one attached hydrogen (secondary N) is 1. The Labute approximate surface area is 107 Å². The molecule has 0 fully saturated rings. The number of ether oxygens (including phenoxy) is 1. The maximum atomic E-state index is 13.4. The Morgan fingerprint density at radius 1 is 1.22 bits per heavy atom. The van der Waals surface area contributed by atoms with E-state index in [1.54, 1.807) is 0 Å². The third-order valence-corrected chi connectivity index (χ3v) is 2.60. The van der Waals surface area contributed by atoms with Gasteiger partial charge >= 0.3 is 0 Å². The van der Waals surface area contributed by atoms with Crippen LogP contribution in [-0.4, -0.2) is 19.2 Å². The van der Waals surface area contributed by atoms with Crippen molar-refractivity contribution in [3.8, 4) is 5.75 Å². The van der Waals surface area contributed by atoms with E-state index >= 15 is 0 Å². The summed E-state index contributed by atoms with van der Waals surface area (Å²) in [6.07, 6.45) is 2.66. The van der Waals surface area contributed by atoms with Crippen LogP contribution in [0.3, 0.4) is 0 Å². The first-order valence-corrected chi connectivity index (χ1v) is 6.49. The molecular weight excluding hydrogens is 236 g/mol. The fraction of sp³-hybridized carbons (Fsp3) is 0.571. The molecule has 0 bridgehead atoms. The summed E-state index contributed by atoms with van der Waals surface area (Å²) in [6.45, 7) is 5.67. The van der Waals surface area contributed by atoms with Crippen LogP contribution in [0.2, 0.25) is 0 Å². The number of halogens is 2. The number of hydrogen-bond acceptors (Lipinski definition) is 2. The average molecular weight is 257 g/mol. The van der Waals surface area contributed by atoms with Crippen molar-refractivity contribution < 1.29 is 13.5 Å². The maximum absolute atomic E-state index is 13.4. The molecule has 4 heteroatoms. The van der Waals surface area contributed by atoms with Gasteiger partial charge in [-0.2, -0.15) is 0 Å². The fourth-order valence-electron chi connectivity index (χ4n) is 1.71. The van der Waals surface area contributed by atoms with Gasteiger partial charge in [0.2, 0.25) is 0 Å². The van der Waals surface area contributed by atoms with Crippen LogP contribution in [0, 0.1) is 11.6 Å². The highest BCUT2D eigenvalue weighted by molar-refractivity contribution is 5.25. The Kier molecular flexibility index (Phi) is 6.65. The van der Waals surface area contributed by atoms with Crippen LogP contribution < -0.4 is 10.1 Å². The third kappa shape index (κ3) is 5.00. The van der Waals surface area contributed by atoms with Crippen molar-refractivity contribution in [2.45, 2.75) is 39.2 Å². The van der Waals surface area contributed by atoms with Crippen molar-refractivity contribution >= 4 is 0 Å². The van der Waals surface area contributed by atoms with Gasteiger partial charge in [0.15, 0.2) is 11.6 Å². The monoisotopic (exact) mass is 257 g/mol. The molecule has 0 radical (unpaired) electrons.